The van der Waals surface area contributed by atoms with Gasteiger partial charge in [0, 0.05) is 12.3 Å². The predicted octanol–water partition coefficient (Wildman–Crippen LogP) is 1.48. The summed E-state index contributed by atoms with van der Waals surface area (Å²) in [6, 6.07) is 23.9. The van der Waals surface area contributed by atoms with Crippen LogP contribution in [0.2, 0.25) is 0 Å². The van der Waals surface area contributed by atoms with E-state index in [0.29, 0.717) is 11.5 Å². The highest BCUT2D eigenvalue weighted by molar-refractivity contribution is 6.32. The van der Waals surface area contributed by atoms with E-state index in [1.165, 1.54) is 6.20 Å². The summed E-state index contributed by atoms with van der Waals surface area (Å²) in [6.45, 7) is -0.257. The van der Waals surface area contributed by atoms with Gasteiger partial charge in [0.1, 0.15) is 35.3 Å². The van der Waals surface area contributed by atoms with Crippen molar-refractivity contribution in [2.45, 2.75) is 30.1 Å². The van der Waals surface area contributed by atoms with E-state index >= 15 is 0 Å². The minimum absolute atomic E-state index is 0.257. The van der Waals surface area contributed by atoms with E-state index in [-0.39, 0.29) is 6.61 Å². The molecule has 1 aliphatic rings. The Morgan fingerprint density at radius 2 is 1.43 bits per heavy atom. The molecule has 4 aromatic rings. The van der Waals surface area contributed by atoms with Crippen LogP contribution in [-0.2, 0) is 29.4 Å². The van der Waals surface area contributed by atoms with Gasteiger partial charge in [-0.05, 0) is 41.0 Å². The second-order valence-corrected chi connectivity index (χ2v) is 10.4. The summed E-state index contributed by atoms with van der Waals surface area (Å²) >= 11 is 0. The highest BCUT2D eigenvalue weighted by atomic mass is 16.6. The Balaban J connectivity index is 1.58. The number of rotatable bonds is 10. The molecule has 0 spiro atoms. The predicted molar refractivity (Wildman–Crippen MR) is 163 cm³/mol. The van der Waals surface area contributed by atoms with Crippen molar-refractivity contribution in [3.8, 4) is 11.5 Å². The number of benzene rings is 3. The van der Waals surface area contributed by atoms with Crippen LogP contribution >= 0.6 is 0 Å². The number of aliphatic hydroxyl groups excluding tert-OH is 1. The molecule has 0 saturated carbocycles. The van der Waals surface area contributed by atoms with Crippen molar-refractivity contribution < 1.29 is 38.4 Å². The van der Waals surface area contributed by atoms with Crippen LogP contribution < -0.4 is 26.0 Å². The number of hydrogen-bond acceptors (Lipinski definition) is 10. The fraction of sp³-hybridized carbons (Fsp3) is 0.273. The van der Waals surface area contributed by atoms with Gasteiger partial charge in [0.15, 0.2) is 6.23 Å². The van der Waals surface area contributed by atoms with Crippen LogP contribution in [0.3, 0.4) is 0 Å². The minimum atomic E-state index is -1.47. The fourth-order valence-electron chi connectivity index (χ4n) is 5.49. The SMILES string of the molecule is COC(=O)C(=O)NC1[C@H](n2ccc(=O)[nH]c2=O)O[C@H](COC(c2ccccc2)(c2ccc(OC)cc2)c2ccc(OC)cc2)[C@H]1O. The lowest BCUT2D eigenvalue weighted by atomic mass is 9.80. The fourth-order valence-corrected chi connectivity index (χ4v) is 5.49. The number of hydrogen-bond donors (Lipinski definition) is 3. The Morgan fingerprint density at radius 3 is 1.96 bits per heavy atom. The number of nitrogens with one attached hydrogen (secondary N) is 2. The zero-order chi connectivity index (χ0) is 32.8. The molecule has 2 heterocycles. The van der Waals surface area contributed by atoms with Crippen LogP contribution in [0, 0.1) is 0 Å². The first-order valence-corrected chi connectivity index (χ1v) is 14.2. The third-order valence-electron chi connectivity index (χ3n) is 7.80. The molecule has 0 aliphatic carbocycles. The monoisotopic (exact) mass is 631 g/mol. The van der Waals surface area contributed by atoms with E-state index in [2.05, 4.69) is 15.0 Å². The number of ether oxygens (including phenoxy) is 5. The largest absolute Gasteiger partial charge is 0.497 e. The van der Waals surface area contributed by atoms with Gasteiger partial charge in [0.05, 0.1) is 27.9 Å². The van der Waals surface area contributed by atoms with Crippen LogP contribution in [0.15, 0.2) is 101 Å². The molecular weight excluding hydrogens is 598 g/mol. The Morgan fingerprint density at radius 1 is 0.870 bits per heavy atom. The molecule has 13 nitrogen and oxygen atoms in total. The van der Waals surface area contributed by atoms with E-state index < -0.39 is 53.2 Å². The Bertz CT molecular complexity index is 1720. The van der Waals surface area contributed by atoms with Crippen molar-refractivity contribution in [1.29, 1.82) is 0 Å². The van der Waals surface area contributed by atoms with Gasteiger partial charge in [0.2, 0.25) is 0 Å². The Kier molecular flexibility index (Phi) is 9.66. The van der Waals surface area contributed by atoms with Crippen molar-refractivity contribution in [2.24, 2.45) is 0 Å². The summed E-state index contributed by atoms with van der Waals surface area (Å²) < 4.78 is 29.3. The van der Waals surface area contributed by atoms with E-state index in [0.717, 1.165) is 34.4 Å². The lowest BCUT2D eigenvalue weighted by molar-refractivity contribution is -0.153. The van der Waals surface area contributed by atoms with Crippen molar-refractivity contribution >= 4 is 11.9 Å². The number of H-pyrrole nitrogens is 1. The lowest BCUT2D eigenvalue weighted by Gasteiger charge is -2.37. The molecule has 240 valence electrons. The van der Waals surface area contributed by atoms with E-state index in [1.54, 1.807) is 38.5 Å². The molecule has 3 N–H and O–H groups in total. The molecule has 1 fully saturated rings. The van der Waals surface area contributed by atoms with Crippen LogP contribution in [0.5, 0.6) is 11.5 Å². The number of aromatic nitrogens is 2. The maximum absolute atomic E-state index is 12.7. The normalized spacial score (nSPS) is 19.3. The zero-order valence-corrected chi connectivity index (χ0v) is 25.2. The van der Waals surface area contributed by atoms with Gasteiger partial charge in [0.25, 0.3) is 5.56 Å². The number of aliphatic hydroxyl groups is 1. The van der Waals surface area contributed by atoms with Gasteiger partial charge in [-0.1, -0.05) is 54.6 Å². The maximum Gasteiger partial charge on any atom is 0.396 e. The Hall–Kier alpha value is -5.24. The number of carbonyl (C=O) groups is 2. The van der Waals surface area contributed by atoms with Crippen LogP contribution in [0.1, 0.15) is 22.9 Å². The quantitative estimate of drug-likeness (QED) is 0.133. The number of amides is 1. The van der Waals surface area contributed by atoms with Crippen LogP contribution in [0.4, 0.5) is 0 Å². The molecular formula is C33H33N3O10. The first-order valence-electron chi connectivity index (χ1n) is 14.2. The highest BCUT2D eigenvalue weighted by Crippen LogP contribution is 2.42. The van der Waals surface area contributed by atoms with Crippen molar-refractivity contribution in [3.63, 3.8) is 0 Å². The number of esters is 1. The van der Waals surface area contributed by atoms with Gasteiger partial charge in [-0.25, -0.2) is 9.59 Å². The molecule has 0 bridgehead atoms. The summed E-state index contributed by atoms with van der Waals surface area (Å²) in [6.07, 6.45) is -2.76. The third kappa shape index (κ3) is 6.29. The van der Waals surface area contributed by atoms with Gasteiger partial charge in [-0.3, -0.25) is 19.1 Å². The van der Waals surface area contributed by atoms with E-state index in [1.807, 2.05) is 54.6 Å². The summed E-state index contributed by atoms with van der Waals surface area (Å²) in [5, 5.41) is 13.9. The second-order valence-electron chi connectivity index (χ2n) is 10.4. The molecule has 1 aliphatic heterocycles. The molecule has 0 radical (unpaired) electrons. The topological polar surface area (TPSA) is 167 Å². The summed E-state index contributed by atoms with van der Waals surface area (Å²) in [7, 11) is 4.17. The molecule has 1 saturated heterocycles. The van der Waals surface area contributed by atoms with Crippen molar-refractivity contribution in [3.05, 3.63) is 129 Å². The van der Waals surface area contributed by atoms with Crippen molar-refractivity contribution in [2.75, 3.05) is 27.9 Å². The maximum atomic E-state index is 12.7. The molecule has 46 heavy (non-hydrogen) atoms. The smallest absolute Gasteiger partial charge is 0.396 e. The van der Waals surface area contributed by atoms with Gasteiger partial charge in [-0.2, -0.15) is 0 Å². The number of carbonyl (C=O) groups excluding carboxylic acids is 2. The average molecular weight is 632 g/mol. The van der Waals surface area contributed by atoms with Gasteiger partial charge >= 0.3 is 17.6 Å². The molecule has 1 aromatic heterocycles. The van der Waals surface area contributed by atoms with Crippen LogP contribution in [-0.4, -0.2) is 72.7 Å². The summed E-state index contributed by atoms with van der Waals surface area (Å²) in [4.78, 5) is 51.1. The Labute approximate surface area is 263 Å². The van der Waals surface area contributed by atoms with Gasteiger partial charge < -0.3 is 34.1 Å². The number of nitrogens with zero attached hydrogens (tertiary/aromatic N) is 1. The van der Waals surface area contributed by atoms with Crippen LogP contribution in [0.25, 0.3) is 0 Å². The van der Waals surface area contributed by atoms with E-state index in [9.17, 15) is 24.3 Å². The molecule has 3 aromatic carbocycles. The average Bonchev–Trinajstić information content (AvgIpc) is 3.39. The summed E-state index contributed by atoms with van der Waals surface area (Å²) in [5.74, 6) is -1.10. The number of methoxy groups -OCH3 is 3. The highest BCUT2D eigenvalue weighted by Gasteiger charge is 2.48. The van der Waals surface area contributed by atoms with Gasteiger partial charge in [-0.15, -0.1) is 0 Å². The first kappa shape index (κ1) is 32.2. The zero-order valence-electron chi connectivity index (χ0n) is 25.2. The standard InChI is InChI=1S/C33H33N3O10/c1-42-23-13-9-21(10-14-23)33(20-7-5-4-6-8-20,22-11-15-24(43-2)16-12-22)45-19-25-28(38)27(35-29(39)31(40)44-3)30(46-25)36-18-17-26(37)34-32(36)41/h4-18,25,27-28,30,38H,19H2,1-3H3,(H,35,39)(H,34,37,41)/t25-,27?,28-,30-/m1/s1. The number of aromatic amines is 1. The minimum Gasteiger partial charge on any atom is -0.497 e. The first-order chi connectivity index (χ1) is 22.2. The molecule has 1 amide bonds. The van der Waals surface area contributed by atoms with Crippen molar-refractivity contribution in [1.82, 2.24) is 14.9 Å². The second kappa shape index (κ2) is 13.8. The lowest BCUT2D eigenvalue weighted by Crippen LogP contribution is -2.50. The van der Waals surface area contributed by atoms with E-state index in [4.69, 9.17) is 18.9 Å². The third-order valence-corrected chi connectivity index (χ3v) is 7.80. The summed E-state index contributed by atoms with van der Waals surface area (Å²) in [5.41, 5.74) is -0.565. The molecule has 5 rings (SSSR count). The molecule has 1 unspecified atom stereocenters. The molecule has 4 atom stereocenters. The molecule has 13 heteroatoms.